The van der Waals surface area contributed by atoms with Crippen LogP contribution in [0.3, 0.4) is 0 Å². The maximum Gasteiger partial charge on any atom is 0.282 e. The monoisotopic (exact) mass is 467 g/mol. The molecule has 7 nitrogen and oxygen atoms in total. The Morgan fingerprint density at radius 3 is 2.28 bits per heavy atom. The van der Waals surface area contributed by atoms with Gasteiger partial charge < -0.3 is 5.32 Å². The molecule has 9 heteroatoms. The molecule has 0 aliphatic carbocycles. The Morgan fingerprint density at radius 2 is 1.66 bits per heavy atom. The number of non-ortho nitro benzene ring substituents is 1. The molecule has 160 valence electrons. The first kappa shape index (κ1) is 21.5. The van der Waals surface area contributed by atoms with Crippen LogP contribution in [0.5, 0.6) is 0 Å². The molecule has 0 saturated heterocycles. The number of hydrogen-bond donors (Lipinski definition) is 1. The Hall–Kier alpha value is -3.68. The van der Waals surface area contributed by atoms with Gasteiger partial charge in [0, 0.05) is 27.9 Å². The lowest BCUT2D eigenvalue weighted by molar-refractivity contribution is -0.384. The number of benzene rings is 3. The number of imide groups is 1. The van der Waals surface area contributed by atoms with Gasteiger partial charge in [-0.15, -0.1) is 0 Å². The van der Waals surface area contributed by atoms with E-state index in [1.807, 2.05) is 6.92 Å². The molecular formula is C23H15Cl2N3O4. The zero-order valence-corrected chi connectivity index (χ0v) is 18.1. The molecule has 3 aromatic carbocycles. The SMILES string of the molecule is Cc1ccc(NC2=C(c3ccc([N+](=O)[O-])cc3)C(=O)N(c3cccc(Cl)c3)C2=O)cc1Cl. The maximum absolute atomic E-state index is 13.4. The highest BCUT2D eigenvalue weighted by Crippen LogP contribution is 2.35. The van der Waals surface area contributed by atoms with Crippen LogP contribution >= 0.6 is 23.2 Å². The minimum Gasteiger partial charge on any atom is -0.350 e. The van der Waals surface area contributed by atoms with Gasteiger partial charge in [-0.3, -0.25) is 19.7 Å². The lowest BCUT2D eigenvalue weighted by atomic mass is 10.0. The van der Waals surface area contributed by atoms with E-state index in [-0.39, 0.29) is 17.0 Å². The van der Waals surface area contributed by atoms with Crippen LogP contribution in [0.25, 0.3) is 5.57 Å². The number of aryl methyl sites for hydroxylation is 1. The molecule has 1 aliphatic heterocycles. The summed E-state index contributed by atoms with van der Waals surface area (Å²) in [5.74, 6) is -1.16. The van der Waals surface area contributed by atoms with Crippen molar-refractivity contribution < 1.29 is 14.5 Å². The van der Waals surface area contributed by atoms with Crippen molar-refractivity contribution in [3.8, 4) is 0 Å². The van der Waals surface area contributed by atoms with E-state index in [1.165, 1.54) is 30.3 Å². The summed E-state index contributed by atoms with van der Waals surface area (Å²) in [6, 6.07) is 17.0. The van der Waals surface area contributed by atoms with Gasteiger partial charge in [0.15, 0.2) is 0 Å². The second-order valence-electron chi connectivity index (χ2n) is 7.07. The third-order valence-corrected chi connectivity index (χ3v) is 5.60. The van der Waals surface area contributed by atoms with Gasteiger partial charge in [0.05, 0.1) is 16.2 Å². The van der Waals surface area contributed by atoms with E-state index in [9.17, 15) is 19.7 Å². The topological polar surface area (TPSA) is 92.6 Å². The maximum atomic E-state index is 13.4. The fraction of sp³-hybridized carbons (Fsp3) is 0.0435. The predicted octanol–water partition coefficient (Wildman–Crippen LogP) is 5.61. The number of hydrogen-bond acceptors (Lipinski definition) is 5. The average Bonchev–Trinajstić information content (AvgIpc) is 3.00. The van der Waals surface area contributed by atoms with Crippen LogP contribution in [0.15, 0.2) is 72.4 Å². The molecule has 0 fully saturated rings. The minimum atomic E-state index is -0.581. The summed E-state index contributed by atoms with van der Waals surface area (Å²) in [4.78, 5) is 38.2. The van der Waals surface area contributed by atoms with Crippen molar-refractivity contribution in [2.45, 2.75) is 6.92 Å². The summed E-state index contributed by atoms with van der Waals surface area (Å²) in [5.41, 5.74) is 2.04. The van der Waals surface area contributed by atoms with Crippen molar-refractivity contribution in [3.63, 3.8) is 0 Å². The largest absolute Gasteiger partial charge is 0.350 e. The summed E-state index contributed by atoms with van der Waals surface area (Å²) in [5, 5.41) is 14.9. The first-order valence-electron chi connectivity index (χ1n) is 9.43. The number of nitro groups is 1. The molecule has 2 amide bonds. The van der Waals surface area contributed by atoms with E-state index in [0.29, 0.717) is 27.0 Å². The molecule has 4 rings (SSSR count). The second-order valence-corrected chi connectivity index (χ2v) is 7.91. The van der Waals surface area contributed by atoms with Crippen molar-refractivity contribution >= 4 is 57.7 Å². The smallest absolute Gasteiger partial charge is 0.282 e. The lowest BCUT2D eigenvalue weighted by Gasteiger charge is -2.15. The predicted molar refractivity (Wildman–Crippen MR) is 124 cm³/mol. The van der Waals surface area contributed by atoms with Crippen molar-refractivity contribution in [2.24, 2.45) is 0 Å². The fourth-order valence-electron chi connectivity index (χ4n) is 3.33. The van der Waals surface area contributed by atoms with Gasteiger partial charge in [-0.2, -0.15) is 0 Å². The third kappa shape index (κ3) is 3.95. The van der Waals surface area contributed by atoms with Crippen LogP contribution < -0.4 is 10.2 Å². The van der Waals surface area contributed by atoms with E-state index in [0.717, 1.165) is 10.5 Å². The molecule has 1 N–H and O–H groups in total. The van der Waals surface area contributed by atoms with Crippen molar-refractivity contribution in [1.82, 2.24) is 0 Å². The van der Waals surface area contributed by atoms with Crippen LogP contribution in [-0.4, -0.2) is 16.7 Å². The lowest BCUT2D eigenvalue weighted by Crippen LogP contribution is -2.32. The number of carbonyl (C=O) groups excluding carboxylic acids is 2. The molecule has 32 heavy (non-hydrogen) atoms. The van der Waals surface area contributed by atoms with Crippen LogP contribution in [0.1, 0.15) is 11.1 Å². The molecule has 0 radical (unpaired) electrons. The van der Waals surface area contributed by atoms with Gasteiger partial charge in [0.25, 0.3) is 17.5 Å². The molecule has 1 heterocycles. The Bertz CT molecular complexity index is 1300. The summed E-state index contributed by atoms with van der Waals surface area (Å²) in [6.45, 7) is 1.85. The number of nitro benzene ring substituents is 1. The van der Waals surface area contributed by atoms with Crippen LogP contribution in [0.4, 0.5) is 17.1 Å². The molecule has 0 spiro atoms. The van der Waals surface area contributed by atoms with Crippen LogP contribution in [0, 0.1) is 17.0 Å². The number of halogens is 2. The number of anilines is 2. The Kier molecular flexibility index (Phi) is 5.69. The molecule has 1 aliphatic rings. The Labute approximate surface area is 193 Å². The number of carbonyl (C=O) groups is 2. The quantitative estimate of drug-likeness (QED) is 0.299. The molecule has 0 saturated carbocycles. The first-order chi connectivity index (χ1) is 15.3. The highest BCUT2D eigenvalue weighted by atomic mass is 35.5. The molecule has 3 aromatic rings. The number of nitrogens with zero attached hydrogens (tertiary/aromatic N) is 2. The van der Waals surface area contributed by atoms with E-state index in [2.05, 4.69) is 5.32 Å². The van der Waals surface area contributed by atoms with Gasteiger partial charge in [0.1, 0.15) is 5.70 Å². The van der Waals surface area contributed by atoms with E-state index >= 15 is 0 Å². The van der Waals surface area contributed by atoms with Gasteiger partial charge >= 0.3 is 0 Å². The molecule has 0 unspecified atom stereocenters. The second kappa shape index (κ2) is 8.45. The van der Waals surface area contributed by atoms with E-state index < -0.39 is 16.7 Å². The molecule has 0 atom stereocenters. The van der Waals surface area contributed by atoms with Gasteiger partial charge in [-0.25, -0.2) is 4.90 Å². The van der Waals surface area contributed by atoms with E-state index in [4.69, 9.17) is 23.2 Å². The van der Waals surface area contributed by atoms with Gasteiger partial charge in [-0.05, 0) is 60.5 Å². The summed E-state index contributed by atoms with van der Waals surface area (Å²) < 4.78 is 0. The zero-order valence-electron chi connectivity index (χ0n) is 16.6. The van der Waals surface area contributed by atoms with E-state index in [1.54, 1.807) is 36.4 Å². The fourth-order valence-corrected chi connectivity index (χ4v) is 3.69. The highest BCUT2D eigenvalue weighted by molar-refractivity contribution is 6.46. The molecule has 0 bridgehead atoms. The Balaban J connectivity index is 1.83. The highest BCUT2D eigenvalue weighted by Gasteiger charge is 2.40. The van der Waals surface area contributed by atoms with Crippen molar-refractivity contribution in [3.05, 3.63) is 104 Å². The summed E-state index contributed by atoms with van der Waals surface area (Å²) in [6.07, 6.45) is 0. The number of amides is 2. The standard InChI is InChI=1S/C23H15Cl2N3O4/c1-13-5-8-16(12-19(13)25)26-21-20(14-6-9-17(10-7-14)28(31)32)22(29)27(23(21)30)18-4-2-3-15(24)11-18/h2-12,26H,1H3. The minimum absolute atomic E-state index is 0.0312. The van der Waals surface area contributed by atoms with Gasteiger partial charge in [0.2, 0.25) is 0 Å². The molecule has 0 aromatic heterocycles. The molecular weight excluding hydrogens is 453 g/mol. The van der Waals surface area contributed by atoms with Crippen molar-refractivity contribution in [1.29, 1.82) is 0 Å². The Morgan fingerprint density at radius 1 is 0.938 bits per heavy atom. The number of rotatable bonds is 5. The zero-order chi connectivity index (χ0) is 23.0. The number of nitrogens with one attached hydrogen (secondary N) is 1. The van der Waals surface area contributed by atoms with Gasteiger partial charge in [-0.1, -0.05) is 35.3 Å². The summed E-state index contributed by atoms with van der Waals surface area (Å²) in [7, 11) is 0. The normalized spacial score (nSPS) is 13.7. The van der Waals surface area contributed by atoms with Crippen LogP contribution in [-0.2, 0) is 9.59 Å². The van der Waals surface area contributed by atoms with Crippen molar-refractivity contribution in [2.75, 3.05) is 10.2 Å². The first-order valence-corrected chi connectivity index (χ1v) is 10.2. The average molecular weight is 468 g/mol. The third-order valence-electron chi connectivity index (χ3n) is 4.96. The summed E-state index contributed by atoms with van der Waals surface area (Å²) >= 11 is 12.3. The van der Waals surface area contributed by atoms with Crippen LogP contribution in [0.2, 0.25) is 10.0 Å².